The van der Waals surface area contributed by atoms with Crippen LogP contribution in [0, 0.1) is 0 Å². The SMILES string of the molecule is O=C([O-])Nc1ncc[nH]1. The lowest BCUT2D eigenvalue weighted by atomic mass is 10.9. The number of aromatic nitrogens is 2. The van der Waals surface area contributed by atoms with Crippen molar-refractivity contribution in [3.8, 4) is 0 Å². The van der Waals surface area contributed by atoms with Crippen LogP contribution in [0.4, 0.5) is 10.7 Å². The lowest BCUT2D eigenvalue weighted by molar-refractivity contribution is -0.242. The highest BCUT2D eigenvalue weighted by Crippen LogP contribution is 1.91. The molecule has 1 rings (SSSR count). The standard InChI is InChI=1S/C4H5N3O2/c8-4(9)7-3-5-1-2-6-3/h1-2H,(H,8,9)(H2,5,6,7)/p-1. The molecule has 1 aromatic heterocycles. The summed E-state index contributed by atoms with van der Waals surface area (Å²) in [4.78, 5) is 15.9. The Kier molecular flexibility index (Phi) is 1.35. The molecule has 0 spiro atoms. The zero-order valence-corrected chi connectivity index (χ0v) is 4.42. The molecular formula is C4H4N3O2-. The van der Waals surface area contributed by atoms with E-state index in [9.17, 15) is 9.90 Å². The fourth-order valence-electron chi connectivity index (χ4n) is 0.430. The number of imidazole rings is 1. The molecule has 1 amide bonds. The molecule has 9 heavy (non-hydrogen) atoms. The van der Waals surface area contributed by atoms with Gasteiger partial charge in [0.1, 0.15) is 6.09 Å². The fourth-order valence-corrected chi connectivity index (χ4v) is 0.430. The Morgan fingerprint density at radius 3 is 3.11 bits per heavy atom. The molecule has 2 N–H and O–H groups in total. The lowest BCUT2D eigenvalue weighted by Gasteiger charge is -1.99. The summed E-state index contributed by atoms with van der Waals surface area (Å²) in [5.74, 6) is 0.176. The normalized spacial score (nSPS) is 8.89. The molecular weight excluding hydrogens is 122 g/mol. The number of rotatable bonds is 1. The average Bonchev–Trinajstić information content (AvgIpc) is 2.15. The van der Waals surface area contributed by atoms with Gasteiger partial charge in [-0.1, -0.05) is 0 Å². The number of amides is 1. The minimum Gasteiger partial charge on any atom is -0.530 e. The lowest BCUT2D eigenvalue weighted by Crippen LogP contribution is -2.29. The van der Waals surface area contributed by atoms with Crippen molar-refractivity contribution in [1.29, 1.82) is 0 Å². The molecule has 0 aliphatic carbocycles. The number of nitrogens with one attached hydrogen (secondary N) is 2. The van der Waals surface area contributed by atoms with Crippen molar-refractivity contribution in [2.45, 2.75) is 0 Å². The van der Waals surface area contributed by atoms with Crippen molar-refractivity contribution in [3.05, 3.63) is 12.4 Å². The van der Waals surface area contributed by atoms with Gasteiger partial charge in [-0.05, 0) is 0 Å². The minimum atomic E-state index is -1.37. The van der Waals surface area contributed by atoms with Gasteiger partial charge in [-0.25, -0.2) is 4.98 Å². The van der Waals surface area contributed by atoms with Gasteiger partial charge >= 0.3 is 0 Å². The molecule has 5 heteroatoms. The highest BCUT2D eigenvalue weighted by atomic mass is 16.4. The Balaban J connectivity index is 2.58. The molecule has 0 aliphatic heterocycles. The third-order valence-electron chi connectivity index (χ3n) is 0.719. The highest BCUT2D eigenvalue weighted by Gasteiger charge is 1.88. The van der Waals surface area contributed by atoms with Gasteiger partial charge in [0.2, 0.25) is 5.95 Å². The van der Waals surface area contributed by atoms with Crippen LogP contribution in [0.15, 0.2) is 12.4 Å². The zero-order chi connectivity index (χ0) is 6.69. The summed E-state index contributed by atoms with van der Waals surface area (Å²) in [7, 11) is 0. The molecule has 0 aromatic carbocycles. The second-order valence-electron chi connectivity index (χ2n) is 1.35. The Hall–Kier alpha value is -1.52. The van der Waals surface area contributed by atoms with Gasteiger partial charge in [0.05, 0.1) is 0 Å². The number of anilines is 1. The van der Waals surface area contributed by atoms with Crippen LogP contribution in [0.25, 0.3) is 0 Å². The van der Waals surface area contributed by atoms with Gasteiger partial charge < -0.3 is 20.2 Å². The molecule has 0 radical (unpaired) electrons. The van der Waals surface area contributed by atoms with Gasteiger partial charge in [0, 0.05) is 12.4 Å². The van der Waals surface area contributed by atoms with E-state index in [-0.39, 0.29) is 5.95 Å². The van der Waals surface area contributed by atoms with E-state index in [1.807, 2.05) is 5.32 Å². The number of aromatic amines is 1. The highest BCUT2D eigenvalue weighted by molar-refractivity contribution is 5.78. The Labute approximate surface area is 50.7 Å². The first-order valence-corrected chi connectivity index (χ1v) is 2.26. The summed E-state index contributed by atoms with van der Waals surface area (Å²) >= 11 is 0. The topological polar surface area (TPSA) is 80.8 Å². The third-order valence-corrected chi connectivity index (χ3v) is 0.719. The number of carboxylic acid groups (broad SMARTS) is 1. The maximum Gasteiger partial charge on any atom is 0.205 e. The fraction of sp³-hybridized carbons (Fsp3) is 0. The molecule has 0 saturated carbocycles. The van der Waals surface area contributed by atoms with E-state index in [2.05, 4.69) is 9.97 Å². The van der Waals surface area contributed by atoms with Crippen molar-refractivity contribution in [3.63, 3.8) is 0 Å². The molecule has 48 valence electrons. The zero-order valence-electron chi connectivity index (χ0n) is 4.42. The molecule has 1 heterocycles. The molecule has 0 saturated heterocycles. The second kappa shape index (κ2) is 2.17. The van der Waals surface area contributed by atoms with Crippen molar-refractivity contribution >= 4 is 12.0 Å². The van der Waals surface area contributed by atoms with E-state index < -0.39 is 6.09 Å². The van der Waals surface area contributed by atoms with E-state index in [0.29, 0.717) is 0 Å². The van der Waals surface area contributed by atoms with E-state index >= 15 is 0 Å². The maximum absolute atomic E-state index is 9.78. The number of H-pyrrole nitrogens is 1. The van der Waals surface area contributed by atoms with Crippen LogP contribution in [-0.2, 0) is 0 Å². The van der Waals surface area contributed by atoms with Crippen LogP contribution < -0.4 is 10.4 Å². The first kappa shape index (κ1) is 5.61. The first-order chi connectivity index (χ1) is 4.29. The predicted molar refractivity (Wildman–Crippen MR) is 27.6 cm³/mol. The van der Waals surface area contributed by atoms with Crippen molar-refractivity contribution in [2.75, 3.05) is 5.32 Å². The Bertz CT molecular complexity index is 194. The quantitative estimate of drug-likeness (QED) is 0.515. The van der Waals surface area contributed by atoms with Crippen molar-refractivity contribution in [1.82, 2.24) is 9.97 Å². The summed E-state index contributed by atoms with van der Waals surface area (Å²) < 4.78 is 0. The van der Waals surface area contributed by atoms with Crippen LogP contribution in [0.3, 0.4) is 0 Å². The molecule has 0 unspecified atom stereocenters. The van der Waals surface area contributed by atoms with Crippen molar-refractivity contribution in [2.24, 2.45) is 0 Å². The van der Waals surface area contributed by atoms with Crippen molar-refractivity contribution < 1.29 is 9.90 Å². The number of hydrogen-bond donors (Lipinski definition) is 2. The average molecular weight is 126 g/mol. The van der Waals surface area contributed by atoms with Gasteiger partial charge in [0.15, 0.2) is 0 Å². The van der Waals surface area contributed by atoms with E-state index in [1.54, 1.807) is 0 Å². The number of carbonyl (C=O) groups excluding carboxylic acids is 1. The number of carbonyl (C=O) groups is 1. The second-order valence-corrected chi connectivity index (χ2v) is 1.35. The largest absolute Gasteiger partial charge is 0.530 e. The Morgan fingerprint density at radius 2 is 2.67 bits per heavy atom. The minimum absolute atomic E-state index is 0.176. The molecule has 0 aliphatic rings. The maximum atomic E-state index is 9.78. The summed E-state index contributed by atoms with van der Waals surface area (Å²) in [6, 6.07) is 0. The van der Waals surface area contributed by atoms with Gasteiger partial charge in [-0.2, -0.15) is 0 Å². The summed E-state index contributed by atoms with van der Waals surface area (Å²) in [6.45, 7) is 0. The molecule has 0 fully saturated rings. The van der Waals surface area contributed by atoms with E-state index in [4.69, 9.17) is 0 Å². The van der Waals surface area contributed by atoms with Crippen LogP contribution in [0.2, 0.25) is 0 Å². The molecule has 5 nitrogen and oxygen atoms in total. The molecule has 0 atom stereocenters. The van der Waals surface area contributed by atoms with Crippen LogP contribution in [-0.4, -0.2) is 16.1 Å². The van der Waals surface area contributed by atoms with Crippen LogP contribution in [0.5, 0.6) is 0 Å². The van der Waals surface area contributed by atoms with Gasteiger partial charge in [-0.15, -0.1) is 0 Å². The first-order valence-electron chi connectivity index (χ1n) is 2.26. The summed E-state index contributed by atoms with van der Waals surface area (Å²) in [5, 5.41) is 11.7. The van der Waals surface area contributed by atoms with Gasteiger partial charge in [-0.3, -0.25) is 0 Å². The third kappa shape index (κ3) is 1.45. The molecule has 1 aromatic rings. The number of nitrogens with zero attached hydrogens (tertiary/aromatic N) is 1. The van der Waals surface area contributed by atoms with Crippen LogP contribution in [0.1, 0.15) is 0 Å². The van der Waals surface area contributed by atoms with Crippen LogP contribution >= 0.6 is 0 Å². The van der Waals surface area contributed by atoms with E-state index in [1.165, 1.54) is 12.4 Å². The Morgan fingerprint density at radius 1 is 1.89 bits per heavy atom. The predicted octanol–water partition coefficient (Wildman–Crippen LogP) is -0.835. The summed E-state index contributed by atoms with van der Waals surface area (Å²) in [5.41, 5.74) is 0. The smallest absolute Gasteiger partial charge is 0.205 e. The number of hydrogen-bond acceptors (Lipinski definition) is 3. The molecule has 0 bridgehead atoms. The summed E-state index contributed by atoms with van der Waals surface area (Å²) in [6.07, 6.45) is 1.57. The van der Waals surface area contributed by atoms with E-state index in [0.717, 1.165) is 0 Å². The monoisotopic (exact) mass is 126 g/mol. The van der Waals surface area contributed by atoms with Gasteiger partial charge in [0.25, 0.3) is 0 Å².